The van der Waals surface area contributed by atoms with Gasteiger partial charge in [-0.15, -0.1) is 0 Å². The Morgan fingerprint density at radius 3 is 2.45 bits per heavy atom. The highest BCUT2D eigenvalue weighted by Crippen LogP contribution is 2.22. The van der Waals surface area contributed by atoms with Crippen LogP contribution in [0.15, 0.2) is 30.3 Å². The molecule has 0 spiro atoms. The van der Waals surface area contributed by atoms with Crippen LogP contribution in [0.5, 0.6) is 0 Å². The molecule has 1 aromatic heterocycles. The molecule has 29 heavy (non-hydrogen) atoms. The maximum absolute atomic E-state index is 12.3. The molecule has 0 fully saturated rings. The Bertz CT molecular complexity index is 876. The van der Waals surface area contributed by atoms with Gasteiger partial charge in [0.15, 0.2) is 6.61 Å². The molecule has 0 saturated carbocycles. The number of hydrogen-bond acceptors (Lipinski definition) is 6. The maximum Gasteiger partial charge on any atom is 0.328 e. The number of nitrogens with one attached hydrogen (secondary N) is 1. The number of rotatable bonds is 9. The fraction of sp³-hybridized carbons (Fsp3) is 0.450. The average molecular weight is 402 g/mol. The first-order valence-corrected chi connectivity index (χ1v) is 9.37. The molecule has 1 amide bonds. The highest BCUT2D eigenvalue weighted by Gasteiger charge is 2.23. The Labute approximate surface area is 169 Å². The SMILES string of the molecule is Cc1nn(CC(=O)OCC(=O)N[C@@H](CC(C)C)c2ccccc2)c(C)c1[N+](=O)[O-]. The molecule has 0 aliphatic rings. The fourth-order valence-electron chi connectivity index (χ4n) is 3.09. The van der Waals surface area contributed by atoms with Crippen LogP contribution in [0.3, 0.4) is 0 Å². The summed E-state index contributed by atoms with van der Waals surface area (Å²) in [4.78, 5) is 34.8. The number of aryl methyl sites for hydroxylation is 1. The molecule has 9 heteroatoms. The van der Waals surface area contributed by atoms with Crippen LogP contribution in [0.4, 0.5) is 5.69 Å². The van der Waals surface area contributed by atoms with Crippen molar-refractivity contribution in [1.82, 2.24) is 15.1 Å². The Balaban J connectivity index is 1.93. The van der Waals surface area contributed by atoms with E-state index in [0.29, 0.717) is 5.92 Å². The highest BCUT2D eigenvalue weighted by atomic mass is 16.6. The van der Waals surface area contributed by atoms with Crippen LogP contribution in [0.25, 0.3) is 0 Å². The van der Waals surface area contributed by atoms with Gasteiger partial charge in [-0.05, 0) is 31.7 Å². The summed E-state index contributed by atoms with van der Waals surface area (Å²) in [6.45, 7) is 6.41. The number of aromatic nitrogens is 2. The molecule has 0 bridgehead atoms. The summed E-state index contributed by atoms with van der Waals surface area (Å²) in [5.74, 6) is -0.738. The summed E-state index contributed by atoms with van der Waals surface area (Å²) in [7, 11) is 0. The van der Waals surface area contributed by atoms with E-state index in [1.54, 1.807) is 0 Å². The van der Waals surface area contributed by atoms with Gasteiger partial charge in [0.05, 0.1) is 11.0 Å². The topological polar surface area (TPSA) is 116 Å². The van der Waals surface area contributed by atoms with Crippen molar-refractivity contribution in [1.29, 1.82) is 0 Å². The minimum Gasteiger partial charge on any atom is -0.454 e. The molecule has 1 heterocycles. The lowest BCUT2D eigenvalue weighted by Gasteiger charge is -2.21. The lowest BCUT2D eigenvalue weighted by molar-refractivity contribution is -0.386. The zero-order valence-electron chi connectivity index (χ0n) is 17.0. The molecule has 156 valence electrons. The number of carbonyl (C=O) groups excluding carboxylic acids is 2. The monoisotopic (exact) mass is 402 g/mol. The van der Waals surface area contributed by atoms with Crippen molar-refractivity contribution in [3.8, 4) is 0 Å². The van der Waals surface area contributed by atoms with Crippen molar-refractivity contribution in [3.05, 3.63) is 57.4 Å². The predicted molar refractivity (Wildman–Crippen MR) is 106 cm³/mol. The molecule has 2 aromatic rings. The lowest BCUT2D eigenvalue weighted by atomic mass is 9.97. The van der Waals surface area contributed by atoms with E-state index >= 15 is 0 Å². The highest BCUT2D eigenvalue weighted by molar-refractivity contribution is 5.80. The van der Waals surface area contributed by atoms with Gasteiger partial charge in [0.2, 0.25) is 0 Å². The van der Waals surface area contributed by atoms with E-state index in [1.165, 1.54) is 18.5 Å². The van der Waals surface area contributed by atoms with Crippen LogP contribution >= 0.6 is 0 Å². The van der Waals surface area contributed by atoms with Crippen LogP contribution in [-0.2, 0) is 20.9 Å². The molecule has 9 nitrogen and oxygen atoms in total. The van der Waals surface area contributed by atoms with Gasteiger partial charge < -0.3 is 10.1 Å². The maximum atomic E-state index is 12.3. The number of carbonyl (C=O) groups is 2. The molecule has 0 unspecified atom stereocenters. The van der Waals surface area contributed by atoms with Gasteiger partial charge >= 0.3 is 11.7 Å². The summed E-state index contributed by atoms with van der Waals surface area (Å²) in [5.41, 5.74) is 1.33. The third-order valence-electron chi connectivity index (χ3n) is 4.41. The number of hydrogen-bond donors (Lipinski definition) is 1. The van der Waals surface area contributed by atoms with E-state index < -0.39 is 23.4 Å². The Kier molecular flexibility index (Phi) is 7.46. The third-order valence-corrected chi connectivity index (χ3v) is 4.41. The minimum atomic E-state index is -0.694. The van der Waals surface area contributed by atoms with E-state index in [0.717, 1.165) is 12.0 Å². The van der Waals surface area contributed by atoms with Gasteiger partial charge in [-0.25, -0.2) is 0 Å². The number of ether oxygens (including phenoxy) is 1. The van der Waals surface area contributed by atoms with E-state index in [-0.39, 0.29) is 29.7 Å². The van der Waals surface area contributed by atoms with Crippen molar-refractivity contribution in [2.24, 2.45) is 5.92 Å². The summed E-state index contributed by atoms with van der Waals surface area (Å²) in [5, 5.41) is 17.9. The van der Waals surface area contributed by atoms with Gasteiger partial charge in [0.25, 0.3) is 5.91 Å². The lowest BCUT2D eigenvalue weighted by Crippen LogP contribution is -2.33. The van der Waals surface area contributed by atoms with Gasteiger partial charge in [-0.2, -0.15) is 5.10 Å². The molecule has 2 rings (SSSR count). The molecule has 1 N–H and O–H groups in total. The summed E-state index contributed by atoms with van der Waals surface area (Å²) >= 11 is 0. The molecule has 0 radical (unpaired) electrons. The van der Waals surface area contributed by atoms with Gasteiger partial charge in [0.1, 0.15) is 17.9 Å². The molecule has 1 aromatic carbocycles. The predicted octanol–water partition coefficient (Wildman–Crippen LogP) is 2.85. The van der Waals surface area contributed by atoms with Crippen LogP contribution in [-0.4, -0.2) is 33.2 Å². The van der Waals surface area contributed by atoms with Crippen molar-refractivity contribution in [3.63, 3.8) is 0 Å². The number of esters is 1. The van der Waals surface area contributed by atoms with Crippen LogP contribution in [0, 0.1) is 29.9 Å². The quantitative estimate of drug-likeness (QED) is 0.392. The second-order valence-electron chi connectivity index (χ2n) is 7.26. The van der Waals surface area contributed by atoms with Crippen LogP contribution < -0.4 is 5.32 Å². The molecular formula is C20H26N4O5. The van der Waals surface area contributed by atoms with E-state index in [1.807, 2.05) is 30.3 Å². The third kappa shape index (κ3) is 6.13. The average Bonchev–Trinajstić information content (AvgIpc) is 2.93. The number of nitrogens with zero attached hydrogens (tertiary/aromatic N) is 3. The first-order valence-electron chi connectivity index (χ1n) is 9.37. The second-order valence-corrected chi connectivity index (χ2v) is 7.26. The summed E-state index contributed by atoms with van der Waals surface area (Å²) in [6, 6.07) is 9.42. The zero-order chi connectivity index (χ0) is 21.6. The standard InChI is InChI=1S/C20H26N4O5/c1-13(2)10-17(16-8-6-5-7-9-16)21-18(25)12-29-19(26)11-23-15(4)20(24(27)28)14(3)22-23/h5-9,13,17H,10-12H2,1-4H3,(H,21,25)/t17-/m0/s1. The van der Waals surface area contributed by atoms with E-state index in [4.69, 9.17) is 4.74 Å². The van der Waals surface area contributed by atoms with E-state index in [9.17, 15) is 19.7 Å². The van der Waals surface area contributed by atoms with Crippen molar-refractivity contribution < 1.29 is 19.2 Å². The molecule has 1 atom stereocenters. The first kappa shape index (κ1) is 22.1. The Morgan fingerprint density at radius 1 is 1.24 bits per heavy atom. The van der Waals surface area contributed by atoms with Gasteiger partial charge in [-0.1, -0.05) is 44.2 Å². The number of nitro groups is 1. The van der Waals surface area contributed by atoms with Crippen molar-refractivity contribution in [2.45, 2.75) is 46.7 Å². The van der Waals surface area contributed by atoms with Crippen molar-refractivity contribution in [2.75, 3.05) is 6.61 Å². The number of amides is 1. The summed E-state index contributed by atoms with van der Waals surface area (Å²) in [6.07, 6.45) is 0.749. The fourth-order valence-corrected chi connectivity index (χ4v) is 3.09. The van der Waals surface area contributed by atoms with Crippen molar-refractivity contribution >= 4 is 17.6 Å². The van der Waals surface area contributed by atoms with Gasteiger partial charge in [-0.3, -0.25) is 24.4 Å². The smallest absolute Gasteiger partial charge is 0.328 e. The molecule has 0 aliphatic heterocycles. The molecular weight excluding hydrogens is 376 g/mol. The number of benzene rings is 1. The minimum absolute atomic E-state index is 0.130. The normalized spacial score (nSPS) is 11.9. The second kappa shape index (κ2) is 9.81. The largest absolute Gasteiger partial charge is 0.454 e. The summed E-state index contributed by atoms with van der Waals surface area (Å²) < 4.78 is 6.24. The molecule has 0 aliphatic carbocycles. The van der Waals surface area contributed by atoms with Crippen LogP contribution in [0.2, 0.25) is 0 Å². The molecule has 0 saturated heterocycles. The van der Waals surface area contributed by atoms with E-state index in [2.05, 4.69) is 24.3 Å². The Morgan fingerprint density at radius 2 is 1.90 bits per heavy atom. The van der Waals surface area contributed by atoms with Crippen LogP contribution in [0.1, 0.15) is 43.3 Å². The first-order chi connectivity index (χ1) is 13.7. The Hall–Kier alpha value is -3.23. The van der Waals surface area contributed by atoms with Gasteiger partial charge in [0, 0.05) is 0 Å². The zero-order valence-corrected chi connectivity index (χ0v) is 17.0.